The minimum absolute atomic E-state index is 0.151. The van der Waals surface area contributed by atoms with E-state index in [0.29, 0.717) is 102 Å². The van der Waals surface area contributed by atoms with Crippen LogP contribution in [0.3, 0.4) is 0 Å². The van der Waals surface area contributed by atoms with Gasteiger partial charge in [0.15, 0.2) is 0 Å². The molecular formula is C66H108O12. The summed E-state index contributed by atoms with van der Waals surface area (Å²) in [6.07, 6.45) is 29.2. The van der Waals surface area contributed by atoms with Gasteiger partial charge in [-0.05, 0) is 222 Å². The van der Waals surface area contributed by atoms with Gasteiger partial charge in [0.2, 0.25) is 0 Å². The van der Waals surface area contributed by atoms with Crippen molar-refractivity contribution in [2.24, 2.45) is 87.3 Å². The maximum absolute atomic E-state index is 7.57. The number of hydrogen-bond donors (Lipinski definition) is 0. The third-order valence-corrected chi connectivity index (χ3v) is 24.8. The highest BCUT2D eigenvalue weighted by Crippen LogP contribution is 2.61. The van der Waals surface area contributed by atoms with Crippen molar-refractivity contribution in [2.75, 3.05) is 79.3 Å². The van der Waals surface area contributed by atoms with Crippen LogP contribution in [0.5, 0.6) is 0 Å². The topological polar surface area (TPSA) is 131 Å². The summed E-state index contributed by atoms with van der Waals surface area (Å²) in [7, 11) is 0. The molecule has 0 N–H and O–H groups in total. The summed E-state index contributed by atoms with van der Waals surface area (Å²) in [5.41, 5.74) is 0.627. The molecule has 7 aliphatic carbocycles. The average molecular weight is 1090 g/mol. The van der Waals surface area contributed by atoms with E-state index in [0.717, 1.165) is 104 Å². The van der Waals surface area contributed by atoms with Crippen LogP contribution >= 0.6 is 0 Å². The quantitative estimate of drug-likeness (QED) is 0.0957. The van der Waals surface area contributed by atoms with E-state index in [1.807, 2.05) is 0 Å². The van der Waals surface area contributed by atoms with Crippen LogP contribution in [-0.2, 0) is 56.8 Å². The fourth-order valence-electron chi connectivity index (χ4n) is 19.3. The second-order valence-corrected chi connectivity index (χ2v) is 30.8. The molecule has 0 aromatic heterocycles. The van der Waals surface area contributed by atoms with Gasteiger partial charge in [-0.1, -0.05) is 41.5 Å². The molecule has 13 rings (SSSR count). The first-order chi connectivity index (χ1) is 37.8. The van der Waals surface area contributed by atoms with Crippen molar-refractivity contribution in [3.63, 3.8) is 0 Å². The monoisotopic (exact) mass is 1090 g/mol. The van der Waals surface area contributed by atoms with Crippen LogP contribution in [0, 0.1) is 87.3 Å². The summed E-state index contributed by atoms with van der Waals surface area (Å²) in [6, 6.07) is 0. The van der Waals surface area contributed by atoms with Gasteiger partial charge in [-0.15, -0.1) is 0 Å². The minimum Gasteiger partial charge on any atom is -0.375 e. The first kappa shape index (κ1) is 56.6. The Morgan fingerprint density at radius 1 is 0.359 bits per heavy atom. The van der Waals surface area contributed by atoms with Crippen molar-refractivity contribution < 1.29 is 56.8 Å². The van der Waals surface area contributed by atoms with E-state index in [9.17, 15) is 0 Å². The molecule has 6 heterocycles. The molecule has 13 fully saturated rings. The molecule has 0 radical (unpaired) electrons. The van der Waals surface area contributed by atoms with Crippen LogP contribution in [0.1, 0.15) is 176 Å². The molecule has 0 aromatic rings. The Balaban J connectivity index is 0.818. The van der Waals surface area contributed by atoms with Gasteiger partial charge in [0, 0.05) is 0 Å². The van der Waals surface area contributed by atoms with E-state index in [1.165, 1.54) is 116 Å². The zero-order chi connectivity index (χ0) is 53.2. The van der Waals surface area contributed by atoms with Gasteiger partial charge >= 0.3 is 0 Å². The number of hydrogen-bond acceptors (Lipinski definition) is 12. The van der Waals surface area contributed by atoms with E-state index in [2.05, 4.69) is 41.5 Å². The Morgan fingerprint density at radius 3 is 1.35 bits per heavy atom. The first-order valence-corrected chi connectivity index (χ1v) is 33.2. The smallest absolute Gasteiger partial charge is 0.104 e. The standard InChI is InChI=1S/C66H108O12/c1-64(2,46-7-11-50(12-8-46)67-28-53-31-70-53)47-9-17-61(76-37-56-34-73-56)42(22-47)20-44-24-49-25-45(63(44)78-39-58-36-75-58)21-43-23-48(10-18-62(43)77-38-57-35-74-57)65(3,4)59-15-13-51(68-29-54-32-71-54)26-40(59)19-41-27-52(69-30-55-33-72-55)14-16-60(41)66(49,5)6/h40-63H,7-39H2,1-6H3. The fraction of sp³-hybridized carbons (Fsp3) is 1.00. The second-order valence-electron chi connectivity index (χ2n) is 30.8. The lowest BCUT2D eigenvalue weighted by Gasteiger charge is -2.57. The van der Waals surface area contributed by atoms with Crippen molar-refractivity contribution >= 4 is 0 Å². The number of fused-ring (bicyclic) bond motifs is 6. The minimum atomic E-state index is 0.151. The molecule has 7 saturated carbocycles. The lowest BCUT2D eigenvalue weighted by atomic mass is 9.50. The first-order valence-electron chi connectivity index (χ1n) is 33.2. The van der Waals surface area contributed by atoms with Crippen LogP contribution in [-0.4, -0.2) is 153 Å². The molecule has 444 valence electrons. The van der Waals surface area contributed by atoms with E-state index in [1.54, 1.807) is 0 Å². The van der Waals surface area contributed by atoms with Crippen LogP contribution < -0.4 is 0 Å². The molecule has 22 unspecified atom stereocenters. The molecule has 0 spiro atoms. The Labute approximate surface area is 471 Å². The maximum atomic E-state index is 7.57. The number of ether oxygens (including phenoxy) is 12. The summed E-state index contributed by atoms with van der Waals surface area (Å²) in [6.45, 7) is 25.9. The van der Waals surface area contributed by atoms with Gasteiger partial charge in [-0.25, -0.2) is 0 Å². The van der Waals surface area contributed by atoms with Crippen LogP contribution in [0.15, 0.2) is 0 Å². The lowest BCUT2D eigenvalue weighted by molar-refractivity contribution is -0.138. The van der Waals surface area contributed by atoms with Crippen molar-refractivity contribution in [3.8, 4) is 0 Å². The zero-order valence-corrected chi connectivity index (χ0v) is 49.6. The molecule has 6 aliphatic heterocycles. The van der Waals surface area contributed by atoms with Crippen LogP contribution in [0.2, 0.25) is 0 Å². The Hall–Kier alpha value is -0.480. The summed E-state index contributed by atoms with van der Waals surface area (Å²) < 4.78 is 76.4. The Morgan fingerprint density at radius 2 is 0.795 bits per heavy atom. The SMILES string of the molecule is CC(C)(C1CCC(OCC2CO2)CC1)C1CCC(OCC2CO2)C(CC2CC3CC(CC4CC(CCC4OCC4CO4)C(C)(C)C4CCC(OCC5CO5)CC4CC4CC(OCC5CO5)CCC4C3(C)C)C2OCC2CO2)C1. The van der Waals surface area contributed by atoms with Gasteiger partial charge < -0.3 is 56.8 Å². The van der Waals surface area contributed by atoms with E-state index in [4.69, 9.17) is 56.8 Å². The zero-order valence-electron chi connectivity index (χ0n) is 49.6. The number of epoxide rings is 6. The predicted octanol–water partition coefficient (Wildman–Crippen LogP) is 11.5. The molecule has 12 nitrogen and oxygen atoms in total. The Kier molecular flexibility index (Phi) is 17.5. The highest BCUT2D eigenvalue weighted by Gasteiger charge is 2.55. The molecule has 22 atom stereocenters. The predicted molar refractivity (Wildman–Crippen MR) is 297 cm³/mol. The largest absolute Gasteiger partial charge is 0.375 e. The molecule has 0 aromatic carbocycles. The van der Waals surface area contributed by atoms with Crippen LogP contribution in [0.4, 0.5) is 0 Å². The maximum Gasteiger partial charge on any atom is 0.104 e. The third kappa shape index (κ3) is 13.9. The molecule has 13 aliphatic rings. The Bertz CT molecular complexity index is 1920. The van der Waals surface area contributed by atoms with Crippen molar-refractivity contribution in [1.82, 2.24) is 0 Å². The van der Waals surface area contributed by atoms with Gasteiger partial charge in [-0.2, -0.15) is 0 Å². The van der Waals surface area contributed by atoms with Crippen LogP contribution in [0.25, 0.3) is 0 Å². The summed E-state index contributed by atoms with van der Waals surface area (Å²) >= 11 is 0. The van der Waals surface area contributed by atoms with Gasteiger partial charge in [0.25, 0.3) is 0 Å². The lowest BCUT2D eigenvalue weighted by Crippen LogP contribution is -2.52. The molecule has 6 saturated heterocycles. The molecular weight excluding hydrogens is 985 g/mol. The molecule has 78 heavy (non-hydrogen) atoms. The normalized spacial score (nSPS) is 48.4. The van der Waals surface area contributed by atoms with E-state index >= 15 is 0 Å². The number of rotatable bonds is 22. The second kappa shape index (κ2) is 24.1. The highest BCUT2D eigenvalue weighted by molar-refractivity contribution is 5.05. The molecule has 0 amide bonds. The van der Waals surface area contributed by atoms with Gasteiger partial charge in [0.1, 0.15) is 36.6 Å². The average Bonchev–Trinajstić information content (AvgIpc) is 4.22. The van der Waals surface area contributed by atoms with E-state index in [-0.39, 0.29) is 52.9 Å². The summed E-state index contributed by atoms with van der Waals surface area (Å²) in [5.74, 6) is 7.15. The highest BCUT2D eigenvalue weighted by atomic mass is 16.6. The van der Waals surface area contributed by atoms with Gasteiger partial charge in [-0.3, -0.25) is 0 Å². The van der Waals surface area contributed by atoms with E-state index < -0.39 is 0 Å². The van der Waals surface area contributed by atoms with Gasteiger partial charge in [0.05, 0.1) is 116 Å². The fourth-order valence-corrected chi connectivity index (χ4v) is 19.3. The summed E-state index contributed by atoms with van der Waals surface area (Å²) in [5, 5.41) is 0. The van der Waals surface area contributed by atoms with Crippen molar-refractivity contribution in [1.29, 1.82) is 0 Å². The van der Waals surface area contributed by atoms with Crippen molar-refractivity contribution in [3.05, 3.63) is 0 Å². The summed E-state index contributed by atoms with van der Waals surface area (Å²) in [4.78, 5) is 0. The third-order valence-electron chi connectivity index (χ3n) is 24.8. The molecule has 4 bridgehead atoms. The molecule has 12 heteroatoms. The van der Waals surface area contributed by atoms with Crippen molar-refractivity contribution in [2.45, 2.75) is 250 Å².